The summed E-state index contributed by atoms with van der Waals surface area (Å²) in [4.78, 5) is 31.2. The normalized spacial score (nSPS) is 28.5. The van der Waals surface area contributed by atoms with Gasteiger partial charge >= 0.3 is 6.03 Å². The fourth-order valence-corrected chi connectivity index (χ4v) is 3.86. The third kappa shape index (κ3) is 4.10. The van der Waals surface area contributed by atoms with E-state index in [4.69, 9.17) is 0 Å². The lowest BCUT2D eigenvalue weighted by atomic mass is 9.95. The lowest BCUT2D eigenvalue weighted by Crippen LogP contribution is -2.56. The third-order valence-electron chi connectivity index (χ3n) is 5.20. The first kappa shape index (κ1) is 18.3. The first-order valence-corrected chi connectivity index (χ1v) is 8.72. The Bertz CT molecular complexity index is 428. The summed E-state index contributed by atoms with van der Waals surface area (Å²) in [6.07, 6.45) is 4.08. The average molecular weight is 345 g/mol. The van der Waals surface area contributed by atoms with Crippen LogP contribution in [-0.4, -0.2) is 78.5 Å². The SMILES string of the molecule is C[C@H]1CNCCN1C(=O)C1CCCN(C(=O)N2CCCC2)C1.Cl. The van der Waals surface area contributed by atoms with Gasteiger partial charge in [0.05, 0.1) is 5.92 Å². The van der Waals surface area contributed by atoms with Gasteiger partial charge in [-0.15, -0.1) is 12.4 Å². The van der Waals surface area contributed by atoms with E-state index in [1.165, 1.54) is 0 Å². The molecular weight excluding hydrogens is 316 g/mol. The summed E-state index contributed by atoms with van der Waals surface area (Å²) in [5.41, 5.74) is 0. The molecule has 6 nitrogen and oxygen atoms in total. The molecule has 0 aliphatic carbocycles. The molecule has 0 radical (unpaired) electrons. The summed E-state index contributed by atoms with van der Waals surface area (Å²) in [6, 6.07) is 0.397. The van der Waals surface area contributed by atoms with Crippen molar-refractivity contribution in [1.82, 2.24) is 20.0 Å². The van der Waals surface area contributed by atoms with Crippen molar-refractivity contribution in [2.45, 2.75) is 38.6 Å². The average Bonchev–Trinajstić information content (AvgIpc) is 3.08. The van der Waals surface area contributed by atoms with Crippen LogP contribution in [0, 0.1) is 5.92 Å². The highest BCUT2D eigenvalue weighted by atomic mass is 35.5. The van der Waals surface area contributed by atoms with Gasteiger partial charge in [-0.1, -0.05) is 0 Å². The van der Waals surface area contributed by atoms with Crippen molar-refractivity contribution in [3.63, 3.8) is 0 Å². The maximum absolute atomic E-state index is 12.8. The number of nitrogens with one attached hydrogen (secondary N) is 1. The van der Waals surface area contributed by atoms with Crippen molar-refractivity contribution in [1.29, 1.82) is 0 Å². The van der Waals surface area contributed by atoms with E-state index in [0.717, 1.165) is 65.0 Å². The number of hydrogen-bond donors (Lipinski definition) is 1. The van der Waals surface area contributed by atoms with E-state index < -0.39 is 0 Å². The molecular formula is C16H29ClN4O2. The highest BCUT2D eigenvalue weighted by Gasteiger charge is 2.35. The van der Waals surface area contributed by atoms with Crippen LogP contribution < -0.4 is 5.32 Å². The maximum atomic E-state index is 12.8. The Morgan fingerprint density at radius 3 is 2.39 bits per heavy atom. The second kappa shape index (κ2) is 8.20. The molecule has 1 N–H and O–H groups in total. The molecule has 0 aromatic rings. The predicted octanol–water partition coefficient (Wildman–Crippen LogP) is 1.16. The number of amides is 3. The minimum Gasteiger partial charge on any atom is -0.337 e. The molecule has 3 aliphatic heterocycles. The summed E-state index contributed by atoms with van der Waals surface area (Å²) in [5, 5.41) is 3.32. The molecule has 3 aliphatic rings. The number of likely N-dealkylation sites (tertiary alicyclic amines) is 2. The number of rotatable bonds is 1. The zero-order valence-corrected chi connectivity index (χ0v) is 14.8. The second-order valence-corrected chi connectivity index (χ2v) is 6.85. The lowest BCUT2D eigenvalue weighted by molar-refractivity contribution is -0.139. The highest BCUT2D eigenvalue weighted by Crippen LogP contribution is 2.22. The fourth-order valence-electron chi connectivity index (χ4n) is 3.86. The Labute approximate surface area is 145 Å². The van der Waals surface area contributed by atoms with Gasteiger partial charge in [-0.2, -0.15) is 0 Å². The van der Waals surface area contributed by atoms with Crippen molar-refractivity contribution in [2.24, 2.45) is 5.92 Å². The van der Waals surface area contributed by atoms with Gasteiger partial charge in [0.1, 0.15) is 0 Å². The molecule has 0 aromatic carbocycles. The third-order valence-corrected chi connectivity index (χ3v) is 5.20. The van der Waals surface area contributed by atoms with Crippen LogP contribution in [0.4, 0.5) is 4.79 Å². The van der Waals surface area contributed by atoms with Crippen molar-refractivity contribution in [3.8, 4) is 0 Å². The van der Waals surface area contributed by atoms with E-state index in [2.05, 4.69) is 12.2 Å². The molecule has 3 fully saturated rings. The Morgan fingerprint density at radius 2 is 1.70 bits per heavy atom. The number of carbonyl (C=O) groups is 2. The molecule has 132 valence electrons. The summed E-state index contributed by atoms with van der Waals surface area (Å²) in [7, 11) is 0. The van der Waals surface area contributed by atoms with Crippen molar-refractivity contribution in [3.05, 3.63) is 0 Å². The number of urea groups is 1. The quantitative estimate of drug-likeness (QED) is 0.776. The first-order valence-electron chi connectivity index (χ1n) is 8.72. The van der Waals surface area contributed by atoms with E-state index in [1.54, 1.807) is 0 Å². The topological polar surface area (TPSA) is 55.9 Å². The largest absolute Gasteiger partial charge is 0.337 e. The monoisotopic (exact) mass is 344 g/mol. The molecule has 23 heavy (non-hydrogen) atoms. The van der Waals surface area contributed by atoms with Gasteiger partial charge in [0.2, 0.25) is 5.91 Å². The zero-order valence-electron chi connectivity index (χ0n) is 14.0. The molecule has 0 spiro atoms. The smallest absolute Gasteiger partial charge is 0.320 e. The molecule has 0 saturated carbocycles. The zero-order chi connectivity index (χ0) is 15.5. The summed E-state index contributed by atoms with van der Waals surface area (Å²) in [5.74, 6) is 0.230. The van der Waals surface area contributed by atoms with Crippen LogP contribution >= 0.6 is 12.4 Å². The summed E-state index contributed by atoms with van der Waals surface area (Å²) < 4.78 is 0. The van der Waals surface area contributed by atoms with Crippen molar-refractivity contribution < 1.29 is 9.59 Å². The Kier molecular flexibility index (Phi) is 6.53. The molecule has 0 bridgehead atoms. The van der Waals surface area contributed by atoms with Gasteiger partial charge in [-0.05, 0) is 32.6 Å². The van der Waals surface area contributed by atoms with Crippen LogP contribution in [-0.2, 0) is 4.79 Å². The van der Waals surface area contributed by atoms with E-state index in [0.29, 0.717) is 6.54 Å². The van der Waals surface area contributed by atoms with E-state index in [1.807, 2.05) is 14.7 Å². The van der Waals surface area contributed by atoms with Crippen LogP contribution in [0.5, 0.6) is 0 Å². The van der Waals surface area contributed by atoms with Crippen molar-refractivity contribution in [2.75, 3.05) is 45.8 Å². The van der Waals surface area contributed by atoms with Gasteiger partial charge in [0.25, 0.3) is 0 Å². The van der Waals surface area contributed by atoms with Crippen LogP contribution in [0.2, 0.25) is 0 Å². The Balaban J connectivity index is 0.00000192. The minimum atomic E-state index is -0.0131. The first-order chi connectivity index (χ1) is 10.7. The Morgan fingerprint density at radius 1 is 1.00 bits per heavy atom. The molecule has 0 aromatic heterocycles. The number of halogens is 1. The van der Waals surface area contributed by atoms with Gasteiger partial charge in [0, 0.05) is 51.9 Å². The molecule has 2 atom stereocenters. The van der Waals surface area contributed by atoms with E-state index in [-0.39, 0.29) is 36.3 Å². The Hall–Kier alpha value is -1.01. The lowest BCUT2D eigenvalue weighted by Gasteiger charge is -2.40. The number of carbonyl (C=O) groups excluding carboxylic acids is 2. The molecule has 7 heteroatoms. The number of piperidine rings is 1. The minimum absolute atomic E-state index is 0. The second-order valence-electron chi connectivity index (χ2n) is 6.85. The molecule has 3 saturated heterocycles. The molecule has 3 heterocycles. The standard InChI is InChI=1S/C16H28N4O2.ClH/c1-13-11-17-6-10-20(13)15(21)14-5-4-9-19(12-14)16(22)18-7-2-3-8-18;/h13-14,17H,2-12H2,1H3;1H/t13-,14?;/m0./s1. The highest BCUT2D eigenvalue weighted by molar-refractivity contribution is 5.85. The predicted molar refractivity (Wildman–Crippen MR) is 91.8 cm³/mol. The van der Waals surface area contributed by atoms with Gasteiger partial charge in [-0.25, -0.2) is 4.79 Å². The summed E-state index contributed by atoms with van der Waals surface area (Å²) in [6.45, 7) is 7.79. The number of piperazine rings is 1. The van der Waals surface area contributed by atoms with E-state index in [9.17, 15) is 9.59 Å². The molecule has 3 amide bonds. The van der Waals surface area contributed by atoms with E-state index >= 15 is 0 Å². The number of nitrogens with zero attached hydrogens (tertiary/aromatic N) is 3. The van der Waals surface area contributed by atoms with Crippen LogP contribution in [0.3, 0.4) is 0 Å². The fraction of sp³-hybridized carbons (Fsp3) is 0.875. The van der Waals surface area contributed by atoms with Crippen LogP contribution in [0.1, 0.15) is 32.6 Å². The molecule has 1 unspecified atom stereocenters. The van der Waals surface area contributed by atoms with Gasteiger partial charge < -0.3 is 20.0 Å². The van der Waals surface area contributed by atoms with Crippen LogP contribution in [0.15, 0.2) is 0 Å². The van der Waals surface area contributed by atoms with Gasteiger partial charge in [0.15, 0.2) is 0 Å². The maximum Gasteiger partial charge on any atom is 0.320 e. The van der Waals surface area contributed by atoms with Gasteiger partial charge in [-0.3, -0.25) is 4.79 Å². The number of hydrogen-bond acceptors (Lipinski definition) is 3. The van der Waals surface area contributed by atoms with Crippen LogP contribution in [0.25, 0.3) is 0 Å². The molecule has 3 rings (SSSR count). The van der Waals surface area contributed by atoms with Crippen molar-refractivity contribution >= 4 is 24.3 Å². The summed E-state index contributed by atoms with van der Waals surface area (Å²) >= 11 is 0.